The molecule has 0 radical (unpaired) electrons. The van der Waals surface area contributed by atoms with Crippen LogP contribution in [0.15, 0.2) is 12.2 Å². The van der Waals surface area contributed by atoms with Crippen LogP contribution in [-0.2, 0) is 4.79 Å². The second-order valence-corrected chi connectivity index (χ2v) is 3.54. The molecule has 1 aliphatic carbocycles. The summed E-state index contributed by atoms with van der Waals surface area (Å²) < 4.78 is 0. The Morgan fingerprint density at radius 2 is 1.69 bits per heavy atom. The van der Waals surface area contributed by atoms with Crippen LogP contribution in [0.4, 0.5) is 0 Å². The molecule has 0 aromatic rings. The highest BCUT2D eigenvalue weighted by molar-refractivity contribution is 5.90. The largest absolute Gasteiger partial charge is 0.366 e. The van der Waals surface area contributed by atoms with E-state index in [-0.39, 0.29) is 0 Å². The molecule has 0 unspecified atom stereocenters. The number of carbonyl (C=O) groups excluding carboxylic acids is 1. The topological polar surface area (TPSA) is 69.1 Å². The number of rotatable bonds is 1. The lowest BCUT2D eigenvalue weighted by Gasteiger charge is -2.15. The summed E-state index contributed by atoms with van der Waals surface area (Å²) in [6.45, 7) is 4.85. The van der Waals surface area contributed by atoms with E-state index >= 15 is 0 Å². The highest BCUT2D eigenvalue weighted by Crippen LogP contribution is 2.14. The smallest absolute Gasteiger partial charge is 0.243 e. The molecule has 4 N–H and O–H groups in total. The lowest BCUT2D eigenvalue weighted by Crippen LogP contribution is -2.22. The summed E-state index contributed by atoms with van der Waals surface area (Å²) in [4.78, 5) is 9.82. The zero-order valence-electron chi connectivity index (χ0n) is 8.38. The lowest BCUT2D eigenvalue weighted by molar-refractivity contribution is -0.114. The third-order valence-corrected chi connectivity index (χ3v) is 2.07. The predicted octanol–water partition coefficient (Wildman–Crippen LogP) is 1.33. The molecule has 0 aromatic carbocycles. The molecule has 1 amide bonds. The van der Waals surface area contributed by atoms with Crippen molar-refractivity contribution in [2.75, 3.05) is 0 Å². The van der Waals surface area contributed by atoms with Gasteiger partial charge < -0.3 is 11.5 Å². The van der Waals surface area contributed by atoms with Gasteiger partial charge in [0.1, 0.15) is 0 Å². The van der Waals surface area contributed by atoms with Crippen LogP contribution in [0.1, 0.15) is 39.0 Å². The minimum absolute atomic E-state index is 0.398. The van der Waals surface area contributed by atoms with Crippen molar-refractivity contribution in [2.45, 2.75) is 45.1 Å². The molecule has 1 saturated carbocycles. The van der Waals surface area contributed by atoms with Gasteiger partial charge in [0.05, 0.1) is 0 Å². The van der Waals surface area contributed by atoms with Crippen molar-refractivity contribution in [3.63, 3.8) is 0 Å². The second kappa shape index (κ2) is 6.66. The molecule has 0 heterocycles. The normalized spacial score (nSPS) is 17.1. The fourth-order valence-corrected chi connectivity index (χ4v) is 1.13. The van der Waals surface area contributed by atoms with Gasteiger partial charge in [-0.05, 0) is 19.8 Å². The summed E-state index contributed by atoms with van der Waals surface area (Å²) in [6, 6.07) is 0.536. The van der Waals surface area contributed by atoms with E-state index in [4.69, 9.17) is 11.5 Å². The molecule has 0 aliphatic heterocycles. The molecule has 13 heavy (non-hydrogen) atoms. The van der Waals surface area contributed by atoms with Gasteiger partial charge in [-0.25, -0.2) is 0 Å². The van der Waals surface area contributed by atoms with Gasteiger partial charge in [-0.15, -0.1) is 0 Å². The average molecular weight is 184 g/mol. The van der Waals surface area contributed by atoms with Crippen LogP contribution >= 0.6 is 0 Å². The molecule has 0 atom stereocenters. The van der Waals surface area contributed by atoms with E-state index in [1.807, 2.05) is 0 Å². The third-order valence-electron chi connectivity index (χ3n) is 2.07. The Hall–Kier alpha value is -0.830. The fraction of sp³-hybridized carbons (Fsp3) is 0.700. The van der Waals surface area contributed by atoms with Crippen molar-refractivity contribution in [3.8, 4) is 0 Å². The van der Waals surface area contributed by atoms with Crippen LogP contribution in [0.2, 0.25) is 0 Å². The van der Waals surface area contributed by atoms with E-state index in [0.717, 1.165) is 0 Å². The van der Waals surface area contributed by atoms with Gasteiger partial charge in [0.2, 0.25) is 5.91 Å². The van der Waals surface area contributed by atoms with Crippen LogP contribution in [0.5, 0.6) is 0 Å². The molecule has 1 rings (SSSR count). The fourth-order valence-electron chi connectivity index (χ4n) is 1.13. The van der Waals surface area contributed by atoms with Gasteiger partial charge in [0.25, 0.3) is 0 Å². The Morgan fingerprint density at radius 1 is 1.31 bits per heavy atom. The van der Waals surface area contributed by atoms with Gasteiger partial charge >= 0.3 is 0 Å². The van der Waals surface area contributed by atoms with E-state index in [9.17, 15) is 4.79 Å². The van der Waals surface area contributed by atoms with Crippen molar-refractivity contribution in [1.29, 1.82) is 0 Å². The zero-order chi connectivity index (χ0) is 10.3. The van der Waals surface area contributed by atoms with Crippen molar-refractivity contribution in [3.05, 3.63) is 12.2 Å². The van der Waals surface area contributed by atoms with Crippen molar-refractivity contribution < 1.29 is 4.79 Å². The number of carbonyl (C=O) groups is 1. The Morgan fingerprint density at radius 3 is 1.85 bits per heavy atom. The first-order valence-electron chi connectivity index (χ1n) is 4.75. The molecule has 3 nitrogen and oxygen atoms in total. The first kappa shape index (κ1) is 12.2. The highest BCUT2D eigenvalue weighted by Gasteiger charge is 2.06. The Labute approximate surface area is 80.2 Å². The predicted molar refractivity (Wildman–Crippen MR) is 55.1 cm³/mol. The number of hydrogen-bond donors (Lipinski definition) is 2. The summed E-state index contributed by atoms with van der Waals surface area (Å²) in [5, 5.41) is 0. The van der Waals surface area contributed by atoms with Crippen LogP contribution < -0.4 is 11.5 Å². The molecular formula is C10H20N2O. The number of hydrogen-bond acceptors (Lipinski definition) is 2. The quantitative estimate of drug-likeness (QED) is 0.603. The second-order valence-electron chi connectivity index (χ2n) is 3.54. The molecule has 0 aromatic heterocycles. The average Bonchev–Trinajstić information content (AvgIpc) is 2.06. The zero-order valence-corrected chi connectivity index (χ0v) is 8.38. The summed E-state index contributed by atoms with van der Waals surface area (Å²) in [6.07, 6.45) is 6.66. The van der Waals surface area contributed by atoms with Gasteiger partial charge in [0, 0.05) is 11.6 Å². The molecule has 0 bridgehead atoms. The maximum atomic E-state index is 9.82. The van der Waals surface area contributed by atoms with Crippen molar-refractivity contribution in [2.24, 2.45) is 11.5 Å². The van der Waals surface area contributed by atoms with E-state index in [2.05, 4.69) is 6.58 Å². The van der Waals surface area contributed by atoms with E-state index in [1.165, 1.54) is 32.1 Å². The first-order valence-corrected chi connectivity index (χ1v) is 4.75. The van der Waals surface area contributed by atoms with E-state index in [0.29, 0.717) is 11.6 Å². The minimum atomic E-state index is -0.435. The van der Waals surface area contributed by atoms with Gasteiger partial charge in [-0.2, -0.15) is 0 Å². The monoisotopic (exact) mass is 184 g/mol. The molecular weight excluding hydrogens is 164 g/mol. The summed E-state index contributed by atoms with van der Waals surface area (Å²) in [7, 11) is 0. The minimum Gasteiger partial charge on any atom is -0.366 e. The lowest BCUT2D eigenvalue weighted by atomic mass is 9.97. The molecule has 1 aliphatic rings. The maximum Gasteiger partial charge on any atom is 0.243 e. The van der Waals surface area contributed by atoms with Crippen molar-refractivity contribution >= 4 is 5.91 Å². The summed E-state index contributed by atoms with van der Waals surface area (Å²) >= 11 is 0. The van der Waals surface area contributed by atoms with Crippen molar-refractivity contribution in [1.82, 2.24) is 0 Å². The number of amides is 1. The van der Waals surface area contributed by atoms with Crippen LogP contribution in [-0.4, -0.2) is 11.9 Å². The van der Waals surface area contributed by atoms with Crippen LogP contribution in [0.3, 0.4) is 0 Å². The summed E-state index contributed by atoms with van der Waals surface area (Å²) in [5.41, 5.74) is 10.7. The van der Waals surface area contributed by atoms with Crippen LogP contribution in [0, 0.1) is 0 Å². The van der Waals surface area contributed by atoms with Gasteiger partial charge in [-0.1, -0.05) is 25.8 Å². The standard InChI is InChI=1S/C6H13N.C4H7NO/c7-6-4-2-1-3-5-6;1-3(2)4(5)6/h6H,1-5,7H2;1H2,2H3,(H2,5,6). The first-order chi connectivity index (χ1) is 6.04. The van der Waals surface area contributed by atoms with Crippen LogP contribution in [0.25, 0.3) is 0 Å². The highest BCUT2D eigenvalue weighted by atomic mass is 16.1. The van der Waals surface area contributed by atoms with Gasteiger partial charge in [-0.3, -0.25) is 4.79 Å². The number of primary amides is 1. The third kappa shape index (κ3) is 7.53. The maximum absolute atomic E-state index is 9.82. The Balaban J connectivity index is 0.000000226. The Bertz CT molecular complexity index is 160. The van der Waals surface area contributed by atoms with E-state index < -0.39 is 5.91 Å². The molecule has 3 heteroatoms. The number of nitrogens with two attached hydrogens (primary N) is 2. The SMILES string of the molecule is C=C(C)C(N)=O.NC1CCCCC1. The van der Waals surface area contributed by atoms with E-state index in [1.54, 1.807) is 6.92 Å². The molecule has 1 fully saturated rings. The molecule has 0 spiro atoms. The molecule has 76 valence electrons. The van der Waals surface area contributed by atoms with Gasteiger partial charge in [0.15, 0.2) is 0 Å². The summed E-state index contributed by atoms with van der Waals surface area (Å²) in [5.74, 6) is -0.435. The molecule has 0 saturated heterocycles. The Kier molecular flexibility index (Phi) is 6.24.